The van der Waals surface area contributed by atoms with Crippen LogP contribution in [0.1, 0.15) is 22.8 Å². The van der Waals surface area contributed by atoms with Crippen LogP contribution in [0.2, 0.25) is 0 Å². The number of hydrazone groups is 1. The summed E-state index contributed by atoms with van der Waals surface area (Å²) in [5.74, 6) is -0.945. The molecule has 6 heteroatoms. The van der Waals surface area contributed by atoms with Gasteiger partial charge in [-0.25, -0.2) is 9.78 Å². The summed E-state index contributed by atoms with van der Waals surface area (Å²) in [6.45, 7) is 1.91. The zero-order valence-corrected chi connectivity index (χ0v) is 13.0. The number of imidazole rings is 1. The lowest BCUT2D eigenvalue weighted by atomic mass is 10.1. The maximum atomic E-state index is 10.8. The number of hydrogen-bond acceptors (Lipinski definition) is 4. The number of carboxylic acids is 1. The number of anilines is 1. The van der Waals surface area contributed by atoms with Crippen LogP contribution in [-0.4, -0.2) is 26.3 Å². The highest BCUT2D eigenvalue weighted by Gasteiger charge is 2.02. The number of benzene rings is 2. The third-order valence-electron chi connectivity index (χ3n) is 3.57. The Bertz CT molecular complexity index is 851. The van der Waals surface area contributed by atoms with Gasteiger partial charge in [0.05, 0.1) is 23.3 Å². The van der Waals surface area contributed by atoms with Gasteiger partial charge in [-0.1, -0.05) is 12.1 Å². The molecule has 24 heavy (non-hydrogen) atoms. The van der Waals surface area contributed by atoms with E-state index in [1.54, 1.807) is 24.7 Å². The largest absolute Gasteiger partial charge is 0.478 e. The van der Waals surface area contributed by atoms with Gasteiger partial charge in [0.1, 0.15) is 0 Å². The van der Waals surface area contributed by atoms with Gasteiger partial charge in [0, 0.05) is 18.1 Å². The summed E-state index contributed by atoms with van der Waals surface area (Å²) in [7, 11) is 0. The van der Waals surface area contributed by atoms with E-state index in [1.807, 2.05) is 42.0 Å². The highest BCUT2D eigenvalue weighted by molar-refractivity contribution is 5.99. The van der Waals surface area contributed by atoms with Crippen LogP contribution >= 0.6 is 0 Å². The standard InChI is InChI=1S/C18H16N4O2/c1-13(20-21-16-6-2-15(3-7-16)18(23)24)14-4-8-17(9-5-14)22-11-10-19-12-22/h2-12,21H,1H3,(H,23,24). The van der Waals surface area contributed by atoms with E-state index in [0.29, 0.717) is 0 Å². The fourth-order valence-corrected chi connectivity index (χ4v) is 2.19. The van der Waals surface area contributed by atoms with Crippen LogP contribution in [0.25, 0.3) is 5.69 Å². The van der Waals surface area contributed by atoms with Gasteiger partial charge in [0.2, 0.25) is 0 Å². The lowest BCUT2D eigenvalue weighted by molar-refractivity contribution is 0.0697. The molecule has 0 atom stereocenters. The average Bonchev–Trinajstić information content (AvgIpc) is 3.15. The Kier molecular flexibility index (Phi) is 4.38. The summed E-state index contributed by atoms with van der Waals surface area (Å²) < 4.78 is 1.93. The van der Waals surface area contributed by atoms with Crippen LogP contribution < -0.4 is 5.43 Å². The first kappa shape index (κ1) is 15.5. The molecule has 0 aliphatic rings. The van der Waals surface area contributed by atoms with Gasteiger partial charge in [0.15, 0.2) is 0 Å². The molecule has 0 spiro atoms. The summed E-state index contributed by atoms with van der Waals surface area (Å²) in [4.78, 5) is 14.9. The number of rotatable bonds is 5. The first-order chi connectivity index (χ1) is 11.6. The Hall–Kier alpha value is -3.41. The Morgan fingerprint density at radius 3 is 2.33 bits per heavy atom. The second-order valence-corrected chi connectivity index (χ2v) is 5.21. The van der Waals surface area contributed by atoms with E-state index in [1.165, 1.54) is 12.1 Å². The van der Waals surface area contributed by atoms with E-state index in [-0.39, 0.29) is 5.56 Å². The summed E-state index contributed by atoms with van der Waals surface area (Å²) >= 11 is 0. The number of nitrogens with one attached hydrogen (secondary N) is 1. The molecule has 2 N–H and O–H groups in total. The Balaban J connectivity index is 1.70. The third-order valence-corrected chi connectivity index (χ3v) is 3.57. The van der Waals surface area contributed by atoms with Crippen LogP contribution in [0.3, 0.4) is 0 Å². The van der Waals surface area contributed by atoms with Crippen molar-refractivity contribution >= 4 is 17.4 Å². The molecule has 0 radical (unpaired) electrons. The smallest absolute Gasteiger partial charge is 0.335 e. The average molecular weight is 320 g/mol. The van der Waals surface area contributed by atoms with Gasteiger partial charge in [-0.3, -0.25) is 5.43 Å². The van der Waals surface area contributed by atoms with Gasteiger partial charge in [-0.15, -0.1) is 0 Å². The second kappa shape index (κ2) is 6.78. The van der Waals surface area contributed by atoms with Gasteiger partial charge in [0.25, 0.3) is 0 Å². The van der Waals surface area contributed by atoms with Crippen molar-refractivity contribution in [2.45, 2.75) is 6.92 Å². The normalized spacial score (nSPS) is 11.3. The fourth-order valence-electron chi connectivity index (χ4n) is 2.19. The van der Waals surface area contributed by atoms with Crippen molar-refractivity contribution in [2.75, 3.05) is 5.43 Å². The van der Waals surface area contributed by atoms with Crippen LogP contribution in [-0.2, 0) is 0 Å². The summed E-state index contributed by atoms with van der Waals surface area (Å²) in [5.41, 5.74) is 6.76. The van der Waals surface area contributed by atoms with Crippen molar-refractivity contribution in [3.63, 3.8) is 0 Å². The van der Waals surface area contributed by atoms with E-state index in [9.17, 15) is 4.79 Å². The number of aromatic nitrogens is 2. The summed E-state index contributed by atoms with van der Waals surface area (Å²) in [6.07, 6.45) is 5.37. The third kappa shape index (κ3) is 3.49. The quantitative estimate of drug-likeness (QED) is 0.558. The molecule has 120 valence electrons. The van der Waals surface area contributed by atoms with Crippen LogP contribution in [0, 0.1) is 0 Å². The van der Waals surface area contributed by atoms with E-state index < -0.39 is 5.97 Å². The molecule has 0 aliphatic carbocycles. The van der Waals surface area contributed by atoms with Crippen LogP contribution in [0.4, 0.5) is 5.69 Å². The van der Waals surface area contributed by atoms with E-state index in [2.05, 4.69) is 15.5 Å². The van der Waals surface area contributed by atoms with Crippen LogP contribution in [0.5, 0.6) is 0 Å². The number of nitrogens with zero attached hydrogens (tertiary/aromatic N) is 3. The van der Waals surface area contributed by atoms with Crippen molar-refractivity contribution in [1.82, 2.24) is 9.55 Å². The topological polar surface area (TPSA) is 79.5 Å². The number of aromatic carboxylic acids is 1. The molecule has 3 rings (SSSR count). The maximum absolute atomic E-state index is 10.8. The highest BCUT2D eigenvalue weighted by Crippen LogP contribution is 2.12. The first-order valence-corrected chi connectivity index (χ1v) is 7.36. The minimum atomic E-state index is -0.945. The van der Waals surface area contributed by atoms with Gasteiger partial charge < -0.3 is 9.67 Å². The molecule has 0 aliphatic heterocycles. The molecule has 1 aromatic heterocycles. The van der Waals surface area contributed by atoms with Crippen molar-refractivity contribution in [3.05, 3.63) is 78.4 Å². The van der Waals surface area contributed by atoms with Crippen molar-refractivity contribution in [2.24, 2.45) is 5.10 Å². The number of hydrogen-bond donors (Lipinski definition) is 2. The minimum Gasteiger partial charge on any atom is -0.478 e. The number of carboxylic acid groups (broad SMARTS) is 1. The van der Waals surface area contributed by atoms with E-state index >= 15 is 0 Å². The zero-order valence-electron chi connectivity index (χ0n) is 13.0. The minimum absolute atomic E-state index is 0.247. The Morgan fingerprint density at radius 1 is 1.08 bits per heavy atom. The predicted molar refractivity (Wildman–Crippen MR) is 92.8 cm³/mol. The molecule has 2 aromatic carbocycles. The van der Waals surface area contributed by atoms with Crippen molar-refractivity contribution < 1.29 is 9.90 Å². The Morgan fingerprint density at radius 2 is 1.75 bits per heavy atom. The van der Waals surface area contributed by atoms with Gasteiger partial charge >= 0.3 is 5.97 Å². The zero-order chi connectivity index (χ0) is 16.9. The molecule has 0 fully saturated rings. The monoisotopic (exact) mass is 320 g/mol. The SMILES string of the molecule is CC(=NNc1ccc(C(=O)O)cc1)c1ccc(-n2ccnc2)cc1. The highest BCUT2D eigenvalue weighted by atomic mass is 16.4. The van der Waals surface area contributed by atoms with Gasteiger partial charge in [-0.2, -0.15) is 5.10 Å². The lowest BCUT2D eigenvalue weighted by Crippen LogP contribution is -2.01. The molecular formula is C18H16N4O2. The summed E-state index contributed by atoms with van der Waals surface area (Å²) in [5, 5.41) is 13.2. The predicted octanol–water partition coefficient (Wildman–Crippen LogP) is 3.41. The lowest BCUT2D eigenvalue weighted by Gasteiger charge is -2.06. The molecule has 6 nitrogen and oxygen atoms in total. The van der Waals surface area contributed by atoms with E-state index in [4.69, 9.17) is 5.11 Å². The number of carbonyl (C=O) groups is 1. The molecule has 3 aromatic rings. The molecule has 0 bridgehead atoms. The molecular weight excluding hydrogens is 304 g/mol. The second-order valence-electron chi connectivity index (χ2n) is 5.21. The van der Waals surface area contributed by atoms with Crippen molar-refractivity contribution in [1.29, 1.82) is 0 Å². The summed E-state index contributed by atoms with van der Waals surface area (Å²) in [6, 6.07) is 14.4. The first-order valence-electron chi connectivity index (χ1n) is 7.36. The molecule has 0 unspecified atom stereocenters. The van der Waals surface area contributed by atoms with Crippen LogP contribution in [0.15, 0.2) is 72.4 Å². The van der Waals surface area contributed by atoms with E-state index in [0.717, 1.165) is 22.6 Å². The Labute approximate surface area is 139 Å². The molecule has 1 heterocycles. The maximum Gasteiger partial charge on any atom is 0.335 e. The molecule has 0 saturated carbocycles. The molecule has 0 saturated heterocycles. The van der Waals surface area contributed by atoms with Gasteiger partial charge in [-0.05, 0) is 48.9 Å². The fraction of sp³-hybridized carbons (Fsp3) is 0.0556. The van der Waals surface area contributed by atoms with Crippen molar-refractivity contribution in [3.8, 4) is 5.69 Å². The molecule has 0 amide bonds.